The molecule has 3 nitrogen and oxygen atoms in total. The molecule has 16 heavy (non-hydrogen) atoms. The average molecular weight is 242 g/mol. The molecular formula is C12H18O3S. The number of carbonyl (C=O) groups is 1. The van der Waals surface area contributed by atoms with Crippen LogP contribution in [-0.4, -0.2) is 18.2 Å². The first-order valence-electron chi connectivity index (χ1n) is 5.34. The maximum Gasteiger partial charge on any atom is 0.311 e. The summed E-state index contributed by atoms with van der Waals surface area (Å²) in [6, 6.07) is 1.94. The Kier molecular flexibility index (Phi) is 4.50. The molecule has 0 spiro atoms. The molecule has 0 saturated carbocycles. The van der Waals surface area contributed by atoms with Crippen LogP contribution in [-0.2, 0) is 9.53 Å². The van der Waals surface area contributed by atoms with Crippen molar-refractivity contribution in [1.29, 1.82) is 0 Å². The van der Waals surface area contributed by atoms with Gasteiger partial charge in [-0.25, -0.2) is 0 Å². The number of rotatable bonds is 4. The molecule has 0 saturated heterocycles. The van der Waals surface area contributed by atoms with E-state index in [0.29, 0.717) is 6.42 Å². The summed E-state index contributed by atoms with van der Waals surface area (Å²) < 4.78 is 4.70. The number of hydrogen-bond donors (Lipinski definition) is 1. The zero-order valence-electron chi connectivity index (χ0n) is 10.1. The molecule has 4 heteroatoms. The van der Waals surface area contributed by atoms with Gasteiger partial charge in [-0.05, 0) is 31.9 Å². The lowest BCUT2D eigenvalue weighted by Gasteiger charge is -2.19. The van der Waals surface area contributed by atoms with Crippen molar-refractivity contribution in [3.63, 3.8) is 0 Å². The topological polar surface area (TPSA) is 46.5 Å². The Hall–Kier alpha value is -0.870. The fourth-order valence-corrected chi connectivity index (χ4v) is 2.80. The fourth-order valence-electron chi connectivity index (χ4n) is 1.83. The minimum absolute atomic E-state index is 0.349. The predicted octanol–water partition coefficient (Wildman–Crippen LogP) is 2.60. The van der Waals surface area contributed by atoms with Crippen molar-refractivity contribution < 1.29 is 14.6 Å². The summed E-state index contributed by atoms with van der Waals surface area (Å²) in [5.74, 6) is -0.823. The van der Waals surface area contributed by atoms with Crippen LogP contribution in [0.3, 0.4) is 0 Å². The van der Waals surface area contributed by atoms with Crippen LogP contribution in [0.15, 0.2) is 6.07 Å². The first kappa shape index (κ1) is 13.2. The molecule has 1 aromatic heterocycles. The quantitative estimate of drug-likeness (QED) is 0.825. The summed E-state index contributed by atoms with van der Waals surface area (Å²) in [7, 11) is 1.35. The van der Waals surface area contributed by atoms with Gasteiger partial charge in [0.05, 0.1) is 19.1 Å². The largest absolute Gasteiger partial charge is 0.469 e. The zero-order valence-corrected chi connectivity index (χ0v) is 10.9. The van der Waals surface area contributed by atoms with E-state index in [0.717, 1.165) is 15.3 Å². The number of esters is 1. The lowest BCUT2D eigenvalue weighted by molar-refractivity contribution is -0.149. The monoisotopic (exact) mass is 242 g/mol. The van der Waals surface area contributed by atoms with E-state index < -0.39 is 12.0 Å². The van der Waals surface area contributed by atoms with Gasteiger partial charge in [0.15, 0.2) is 0 Å². The molecule has 2 atom stereocenters. The highest BCUT2D eigenvalue weighted by molar-refractivity contribution is 7.12. The second-order valence-corrected chi connectivity index (χ2v) is 5.31. The van der Waals surface area contributed by atoms with Crippen molar-refractivity contribution >= 4 is 17.3 Å². The van der Waals surface area contributed by atoms with Crippen LogP contribution in [0.25, 0.3) is 0 Å². The second-order valence-electron chi connectivity index (χ2n) is 3.85. The summed E-state index contributed by atoms with van der Waals surface area (Å²) in [4.78, 5) is 13.7. The minimum atomic E-state index is -0.762. The van der Waals surface area contributed by atoms with Gasteiger partial charge in [0.2, 0.25) is 0 Å². The molecule has 0 amide bonds. The van der Waals surface area contributed by atoms with Gasteiger partial charge in [-0.1, -0.05) is 6.92 Å². The summed E-state index contributed by atoms with van der Waals surface area (Å²) in [5.41, 5.74) is 0.847. The Balaban J connectivity index is 2.95. The third kappa shape index (κ3) is 2.62. The van der Waals surface area contributed by atoms with Gasteiger partial charge in [-0.3, -0.25) is 4.79 Å². The average Bonchev–Trinajstić information content (AvgIpc) is 2.58. The van der Waals surface area contributed by atoms with Crippen LogP contribution in [0.1, 0.15) is 34.8 Å². The van der Waals surface area contributed by atoms with Crippen molar-refractivity contribution in [2.45, 2.75) is 33.3 Å². The highest BCUT2D eigenvalue weighted by Gasteiger charge is 2.28. The van der Waals surface area contributed by atoms with Gasteiger partial charge in [0, 0.05) is 9.75 Å². The zero-order chi connectivity index (χ0) is 12.3. The van der Waals surface area contributed by atoms with E-state index in [1.54, 1.807) is 11.3 Å². The number of aliphatic hydroxyl groups is 1. The highest BCUT2D eigenvalue weighted by Crippen LogP contribution is 2.32. The molecule has 1 heterocycles. The van der Waals surface area contributed by atoms with Gasteiger partial charge in [0.25, 0.3) is 0 Å². The molecule has 0 aliphatic carbocycles. The molecule has 1 N–H and O–H groups in total. The van der Waals surface area contributed by atoms with E-state index in [1.165, 1.54) is 7.11 Å². The van der Waals surface area contributed by atoms with E-state index in [9.17, 15) is 9.90 Å². The SMILES string of the molecule is CCC(C(=O)OC)C(O)c1cc(C)sc1C. The van der Waals surface area contributed by atoms with E-state index in [1.807, 2.05) is 26.8 Å². The Morgan fingerprint density at radius 3 is 2.56 bits per heavy atom. The van der Waals surface area contributed by atoms with Crippen molar-refractivity contribution in [3.05, 3.63) is 21.4 Å². The molecule has 1 aromatic rings. The molecule has 0 fully saturated rings. The lowest BCUT2D eigenvalue weighted by atomic mass is 9.94. The molecule has 0 aliphatic heterocycles. The van der Waals surface area contributed by atoms with Gasteiger partial charge < -0.3 is 9.84 Å². The number of aryl methyl sites for hydroxylation is 2. The van der Waals surface area contributed by atoms with Crippen molar-refractivity contribution in [2.75, 3.05) is 7.11 Å². The lowest BCUT2D eigenvalue weighted by Crippen LogP contribution is -2.23. The molecule has 90 valence electrons. The summed E-state index contributed by atoms with van der Waals surface area (Å²) in [5, 5.41) is 10.2. The maximum absolute atomic E-state index is 11.5. The van der Waals surface area contributed by atoms with Crippen LogP contribution in [0.2, 0.25) is 0 Å². The van der Waals surface area contributed by atoms with Crippen LogP contribution in [0.4, 0.5) is 0 Å². The number of hydrogen-bond acceptors (Lipinski definition) is 4. The normalized spacial score (nSPS) is 14.6. The molecule has 0 aromatic carbocycles. The Labute approximate surface area is 100 Å². The summed E-state index contributed by atoms with van der Waals surface area (Å²) in [6.45, 7) is 5.83. The number of thiophene rings is 1. The van der Waals surface area contributed by atoms with Crippen LogP contribution in [0, 0.1) is 19.8 Å². The summed E-state index contributed by atoms with van der Waals surface area (Å²) in [6.07, 6.45) is -0.190. The molecular weight excluding hydrogens is 224 g/mol. The van der Waals surface area contributed by atoms with Crippen LogP contribution >= 0.6 is 11.3 Å². The highest BCUT2D eigenvalue weighted by atomic mass is 32.1. The first-order chi connectivity index (χ1) is 7.51. The van der Waals surface area contributed by atoms with Crippen molar-refractivity contribution in [3.8, 4) is 0 Å². The number of methoxy groups -OCH3 is 1. The first-order valence-corrected chi connectivity index (χ1v) is 6.15. The van der Waals surface area contributed by atoms with Gasteiger partial charge >= 0.3 is 5.97 Å². The van der Waals surface area contributed by atoms with E-state index in [2.05, 4.69) is 0 Å². The second kappa shape index (κ2) is 5.46. The van der Waals surface area contributed by atoms with Gasteiger partial charge in [-0.15, -0.1) is 11.3 Å². The van der Waals surface area contributed by atoms with E-state index in [-0.39, 0.29) is 5.97 Å². The smallest absolute Gasteiger partial charge is 0.311 e. The van der Waals surface area contributed by atoms with E-state index >= 15 is 0 Å². The predicted molar refractivity (Wildman–Crippen MR) is 64.5 cm³/mol. The fraction of sp³-hybridized carbons (Fsp3) is 0.583. The summed E-state index contributed by atoms with van der Waals surface area (Å²) >= 11 is 1.63. The van der Waals surface area contributed by atoms with Crippen LogP contribution in [0.5, 0.6) is 0 Å². The molecule has 0 radical (unpaired) electrons. The molecule has 1 rings (SSSR count). The Bertz CT molecular complexity index is 370. The van der Waals surface area contributed by atoms with Crippen LogP contribution < -0.4 is 0 Å². The number of ether oxygens (including phenoxy) is 1. The maximum atomic E-state index is 11.5. The third-order valence-electron chi connectivity index (χ3n) is 2.72. The number of carbonyl (C=O) groups excluding carboxylic acids is 1. The molecule has 0 aliphatic rings. The minimum Gasteiger partial charge on any atom is -0.469 e. The standard InChI is InChI=1S/C12H18O3S/c1-5-9(12(14)15-4)11(13)10-6-7(2)16-8(10)3/h6,9,11,13H,5H2,1-4H3. The Morgan fingerprint density at radius 2 is 2.19 bits per heavy atom. The third-order valence-corrected chi connectivity index (χ3v) is 3.70. The van der Waals surface area contributed by atoms with Gasteiger partial charge in [-0.2, -0.15) is 0 Å². The van der Waals surface area contributed by atoms with E-state index in [4.69, 9.17) is 4.74 Å². The Morgan fingerprint density at radius 1 is 1.56 bits per heavy atom. The van der Waals surface area contributed by atoms with Gasteiger partial charge in [0.1, 0.15) is 0 Å². The molecule has 0 bridgehead atoms. The van der Waals surface area contributed by atoms with Crippen molar-refractivity contribution in [2.24, 2.45) is 5.92 Å². The number of aliphatic hydroxyl groups excluding tert-OH is 1. The molecule has 2 unspecified atom stereocenters. The van der Waals surface area contributed by atoms with Crippen molar-refractivity contribution in [1.82, 2.24) is 0 Å².